The van der Waals surface area contributed by atoms with Gasteiger partial charge in [0, 0.05) is 31.6 Å². The van der Waals surface area contributed by atoms with Gasteiger partial charge >= 0.3 is 0 Å². The fourth-order valence-electron chi connectivity index (χ4n) is 4.51. The number of nitrogens with one attached hydrogen (secondary N) is 3. The first-order valence-corrected chi connectivity index (χ1v) is 13.8. The number of alkyl halides is 1. The standard InChI is InChI=1S/C11H18N2O3.C8H15NO.C7H10FN.C2H4O2/c12-11(16)9(13-10(15)7-14)6-8-4-2-1-3-5-8;1-2-4-7-5-3-6-9-8(7)10;1-9-7-5-3-2-4-6(7)8;3-1-2-4/h7-9H,1-6H2,(H2,12,16)(H,13,15);7H,2-6H2,1H3,(H,9,10);2-3,5-6,9H,4H2,1H3;1,4H,2H2. The molecule has 2 aliphatic carbocycles. The van der Waals surface area contributed by atoms with Gasteiger partial charge in [-0.05, 0) is 37.7 Å². The van der Waals surface area contributed by atoms with Gasteiger partial charge < -0.3 is 31.6 Å². The summed E-state index contributed by atoms with van der Waals surface area (Å²) in [6, 6.07) is -0.708. The number of aldehydes is 2. The normalized spacial score (nSPS) is 20.9. The van der Waals surface area contributed by atoms with Crippen LogP contribution in [0.25, 0.3) is 0 Å². The number of aliphatic hydroxyl groups is 1. The molecule has 10 nitrogen and oxygen atoms in total. The smallest absolute Gasteiger partial charge is 0.284 e. The first-order valence-electron chi connectivity index (χ1n) is 13.8. The van der Waals surface area contributed by atoms with E-state index in [1.165, 1.54) is 6.42 Å². The second-order valence-electron chi connectivity index (χ2n) is 9.59. The van der Waals surface area contributed by atoms with E-state index >= 15 is 0 Å². The quantitative estimate of drug-likeness (QED) is 0.215. The zero-order valence-corrected chi connectivity index (χ0v) is 23.3. The van der Waals surface area contributed by atoms with Gasteiger partial charge in [-0.1, -0.05) is 57.6 Å². The number of allylic oxidation sites excluding steroid dienone is 4. The Balaban J connectivity index is 0.000000542. The third-order valence-corrected chi connectivity index (χ3v) is 6.55. The predicted molar refractivity (Wildman–Crippen MR) is 148 cm³/mol. The van der Waals surface area contributed by atoms with Crippen molar-refractivity contribution in [2.75, 3.05) is 20.2 Å². The second-order valence-corrected chi connectivity index (χ2v) is 9.59. The molecule has 222 valence electrons. The number of hydrogen-bond donors (Lipinski definition) is 5. The fraction of sp³-hybridized carbons (Fsp3) is 0.679. The molecule has 1 heterocycles. The molecule has 3 amide bonds. The number of nitrogens with two attached hydrogens (primary N) is 1. The molecule has 3 rings (SSSR count). The van der Waals surface area contributed by atoms with Crippen molar-refractivity contribution in [3.63, 3.8) is 0 Å². The number of amides is 3. The average molecular weight is 555 g/mol. The van der Waals surface area contributed by atoms with Gasteiger partial charge in [0.2, 0.25) is 18.1 Å². The molecule has 0 radical (unpaired) electrons. The zero-order valence-electron chi connectivity index (χ0n) is 23.3. The Kier molecular flexibility index (Phi) is 21.1. The topological polar surface area (TPSA) is 168 Å². The molecule has 1 saturated heterocycles. The molecular weight excluding hydrogens is 507 g/mol. The van der Waals surface area contributed by atoms with Crippen LogP contribution in [0.4, 0.5) is 4.39 Å². The average Bonchev–Trinajstić information content (AvgIpc) is 2.95. The highest BCUT2D eigenvalue weighted by molar-refractivity contribution is 6.24. The van der Waals surface area contributed by atoms with Crippen LogP contribution in [0, 0.1) is 11.8 Å². The predicted octanol–water partition coefficient (Wildman–Crippen LogP) is 2.00. The molecule has 3 unspecified atom stereocenters. The lowest BCUT2D eigenvalue weighted by Crippen LogP contribution is -2.46. The number of rotatable bonds is 9. The van der Waals surface area contributed by atoms with E-state index in [0.717, 1.165) is 57.9 Å². The molecular formula is C28H47FN4O6. The highest BCUT2D eigenvalue weighted by Gasteiger charge is 2.24. The maximum Gasteiger partial charge on any atom is 0.284 e. The van der Waals surface area contributed by atoms with Crippen molar-refractivity contribution >= 4 is 30.3 Å². The van der Waals surface area contributed by atoms with Crippen molar-refractivity contribution in [1.29, 1.82) is 0 Å². The van der Waals surface area contributed by atoms with Crippen molar-refractivity contribution in [2.45, 2.75) is 89.8 Å². The van der Waals surface area contributed by atoms with Gasteiger partial charge in [0.25, 0.3) is 5.91 Å². The first-order chi connectivity index (χ1) is 18.7. The summed E-state index contributed by atoms with van der Waals surface area (Å²) in [4.78, 5) is 52.2. The van der Waals surface area contributed by atoms with E-state index in [1.54, 1.807) is 13.1 Å². The lowest BCUT2D eigenvalue weighted by molar-refractivity contribution is -0.133. The first kappa shape index (κ1) is 35.9. The number of piperidine rings is 1. The van der Waals surface area contributed by atoms with Crippen LogP contribution in [0.1, 0.15) is 77.6 Å². The van der Waals surface area contributed by atoms with Crippen molar-refractivity contribution in [3.8, 4) is 0 Å². The summed E-state index contributed by atoms with van der Waals surface area (Å²) in [6.07, 6.45) is 16.4. The summed E-state index contributed by atoms with van der Waals surface area (Å²) in [5, 5.41) is 15.5. The molecule has 1 saturated carbocycles. The molecule has 39 heavy (non-hydrogen) atoms. The van der Waals surface area contributed by atoms with Crippen molar-refractivity contribution in [3.05, 3.63) is 23.9 Å². The SMILES string of the molecule is CCCC1CCCNC1=O.CNC1=CC=CCC1F.NC(=O)C(CC1CCCCC1)NC(=O)C=O.O=CCO. The maximum absolute atomic E-state index is 12.7. The number of aliphatic hydroxyl groups excluding tert-OH is 1. The number of halogens is 1. The van der Waals surface area contributed by atoms with E-state index in [4.69, 9.17) is 15.6 Å². The monoisotopic (exact) mass is 554 g/mol. The van der Waals surface area contributed by atoms with E-state index in [-0.39, 0.29) is 18.8 Å². The minimum Gasteiger partial charge on any atom is -0.389 e. The van der Waals surface area contributed by atoms with E-state index < -0.39 is 24.0 Å². The summed E-state index contributed by atoms with van der Waals surface area (Å²) in [5.41, 5.74) is 5.87. The van der Waals surface area contributed by atoms with Crippen molar-refractivity contribution in [1.82, 2.24) is 16.0 Å². The molecule has 0 aromatic carbocycles. The third kappa shape index (κ3) is 17.2. The number of primary amides is 1. The van der Waals surface area contributed by atoms with Crippen LogP contribution in [-0.2, 0) is 24.0 Å². The summed E-state index contributed by atoms with van der Waals surface area (Å²) < 4.78 is 12.7. The molecule has 3 aliphatic rings. The van der Waals surface area contributed by atoms with E-state index in [0.29, 0.717) is 36.7 Å². The van der Waals surface area contributed by atoms with Gasteiger partial charge in [-0.2, -0.15) is 0 Å². The van der Waals surface area contributed by atoms with E-state index in [1.807, 2.05) is 12.2 Å². The minimum atomic E-state index is -0.819. The van der Waals surface area contributed by atoms with Crippen LogP contribution in [0.3, 0.4) is 0 Å². The molecule has 11 heteroatoms. The van der Waals surface area contributed by atoms with Crippen LogP contribution in [0.15, 0.2) is 23.9 Å². The summed E-state index contributed by atoms with van der Waals surface area (Å²) in [6.45, 7) is 2.65. The number of carbonyl (C=O) groups excluding carboxylic acids is 5. The van der Waals surface area contributed by atoms with Crippen LogP contribution in [0.5, 0.6) is 0 Å². The Labute approximate surface area is 231 Å². The van der Waals surface area contributed by atoms with Crippen LogP contribution in [0.2, 0.25) is 0 Å². The van der Waals surface area contributed by atoms with Crippen molar-refractivity contribution < 1.29 is 33.5 Å². The third-order valence-electron chi connectivity index (χ3n) is 6.55. The lowest BCUT2D eigenvalue weighted by atomic mass is 9.84. The van der Waals surface area contributed by atoms with Crippen LogP contribution < -0.4 is 21.7 Å². The minimum absolute atomic E-state index is 0.164. The Morgan fingerprint density at radius 2 is 1.87 bits per heavy atom. The second kappa shape index (κ2) is 22.9. The molecule has 6 N–H and O–H groups in total. The van der Waals surface area contributed by atoms with Crippen LogP contribution >= 0.6 is 0 Å². The van der Waals surface area contributed by atoms with E-state index in [9.17, 15) is 23.6 Å². The lowest BCUT2D eigenvalue weighted by Gasteiger charge is -2.25. The van der Waals surface area contributed by atoms with Gasteiger partial charge in [0.1, 0.15) is 18.5 Å². The largest absolute Gasteiger partial charge is 0.389 e. The molecule has 2 fully saturated rings. The highest BCUT2D eigenvalue weighted by Crippen LogP contribution is 2.27. The van der Waals surface area contributed by atoms with Crippen molar-refractivity contribution in [2.24, 2.45) is 17.6 Å². The fourth-order valence-corrected chi connectivity index (χ4v) is 4.51. The van der Waals surface area contributed by atoms with Gasteiger partial charge in [0.15, 0.2) is 0 Å². The Hall–Kier alpha value is -3.08. The molecule has 0 aromatic heterocycles. The van der Waals surface area contributed by atoms with Gasteiger partial charge in [0.05, 0.1) is 6.61 Å². The Morgan fingerprint density at radius 3 is 2.33 bits per heavy atom. The van der Waals surface area contributed by atoms with Gasteiger partial charge in [-0.3, -0.25) is 19.2 Å². The Bertz CT molecular complexity index is 797. The maximum atomic E-state index is 12.7. The van der Waals surface area contributed by atoms with Gasteiger partial charge in [-0.25, -0.2) is 4.39 Å². The van der Waals surface area contributed by atoms with Crippen LogP contribution in [-0.4, -0.2) is 67.8 Å². The van der Waals surface area contributed by atoms with Gasteiger partial charge in [-0.15, -0.1) is 0 Å². The Morgan fingerprint density at radius 1 is 1.21 bits per heavy atom. The molecule has 3 atom stereocenters. The number of hydrogen-bond acceptors (Lipinski definition) is 7. The summed E-state index contributed by atoms with van der Waals surface area (Å²) in [7, 11) is 1.73. The summed E-state index contributed by atoms with van der Waals surface area (Å²) in [5.74, 6) is -0.328. The molecule has 0 bridgehead atoms. The summed E-state index contributed by atoms with van der Waals surface area (Å²) >= 11 is 0. The molecule has 1 aliphatic heterocycles. The molecule has 0 aromatic rings. The van der Waals surface area contributed by atoms with E-state index in [2.05, 4.69) is 22.9 Å². The number of carbonyl (C=O) groups is 5. The molecule has 0 spiro atoms. The highest BCUT2D eigenvalue weighted by atomic mass is 19.1. The zero-order chi connectivity index (χ0) is 29.5.